The summed E-state index contributed by atoms with van der Waals surface area (Å²) >= 11 is 0. The summed E-state index contributed by atoms with van der Waals surface area (Å²) in [6.45, 7) is 3.28. The van der Waals surface area contributed by atoms with Crippen molar-refractivity contribution in [2.45, 2.75) is 12.5 Å². The van der Waals surface area contributed by atoms with Crippen LogP contribution in [0.15, 0.2) is 24.5 Å². The molecule has 1 aliphatic carbocycles. The van der Waals surface area contributed by atoms with Gasteiger partial charge in [-0.3, -0.25) is 9.59 Å². The molecule has 0 spiro atoms. The van der Waals surface area contributed by atoms with Gasteiger partial charge in [-0.1, -0.05) is 12.7 Å². The molecule has 2 heterocycles. The molecule has 3 rings (SSSR count). The summed E-state index contributed by atoms with van der Waals surface area (Å²) in [7, 11) is 1.25. The molecule has 0 radical (unpaired) electrons. The molecule has 0 saturated carbocycles. The van der Waals surface area contributed by atoms with Gasteiger partial charge in [-0.05, 0) is 0 Å². The lowest BCUT2D eigenvalue weighted by Gasteiger charge is -2.37. The summed E-state index contributed by atoms with van der Waals surface area (Å²) in [6.07, 6.45) is 1.93. The molecule has 18 heavy (non-hydrogen) atoms. The topological polar surface area (TPSA) is 78.9 Å². The van der Waals surface area contributed by atoms with Crippen molar-refractivity contribution < 1.29 is 28.6 Å². The van der Waals surface area contributed by atoms with Gasteiger partial charge in [-0.15, -0.1) is 0 Å². The highest BCUT2D eigenvalue weighted by atomic mass is 16.6. The summed E-state index contributed by atoms with van der Waals surface area (Å²) < 4.78 is 14.3. The Morgan fingerprint density at radius 1 is 1.56 bits per heavy atom. The van der Waals surface area contributed by atoms with E-state index in [1.807, 2.05) is 0 Å². The van der Waals surface area contributed by atoms with E-state index in [1.165, 1.54) is 13.2 Å². The van der Waals surface area contributed by atoms with Gasteiger partial charge in [-0.25, -0.2) is 4.79 Å². The quantitative estimate of drug-likeness (QED) is 0.409. The molecule has 0 aromatic rings. The first-order chi connectivity index (χ1) is 8.58. The summed E-state index contributed by atoms with van der Waals surface area (Å²) in [4.78, 5) is 34.7. The van der Waals surface area contributed by atoms with Crippen molar-refractivity contribution >= 4 is 17.9 Å². The Morgan fingerprint density at radius 2 is 2.28 bits per heavy atom. The van der Waals surface area contributed by atoms with Crippen LogP contribution in [-0.4, -0.2) is 31.1 Å². The lowest BCUT2D eigenvalue weighted by Crippen LogP contribution is -2.47. The lowest BCUT2D eigenvalue weighted by molar-refractivity contribution is -0.171. The summed E-state index contributed by atoms with van der Waals surface area (Å²) in [5, 5.41) is 0. The maximum Gasteiger partial charge on any atom is 0.337 e. The van der Waals surface area contributed by atoms with E-state index in [-0.39, 0.29) is 12.0 Å². The van der Waals surface area contributed by atoms with Crippen LogP contribution < -0.4 is 0 Å². The standard InChI is InChI=1S/C12H12O6/c1-3-17-11(14)7-5-9-8(10(13)16-2)4-6(7)12(15)18-9/h3-4,6-7,9H,1,5H2,2H3/t6-,7-,9-/m0/s1. The molecule has 6 nitrogen and oxygen atoms in total. The molecular weight excluding hydrogens is 240 g/mol. The van der Waals surface area contributed by atoms with Crippen LogP contribution in [0, 0.1) is 11.8 Å². The van der Waals surface area contributed by atoms with E-state index >= 15 is 0 Å². The molecule has 3 atom stereocenters. The highest BCUT2D eigenvalue weighted by Crippen LogP contribution is 2.38. The first-order valence-electron chi connectivity index (χ1n) is 5.40. The fourth-order valence-corrected chi connectivity index (χ4v) is 2.21. The number of carbonyl (C=O) groups excluding carboxylic acids is 3. The van der Waals surface area contributed by atoms with Gasteiger partial charge < -0.3 is 14.2 Å². The summed E-state index contributed by atoms with van der Waals surface area (Å²) in [5.74, 6) is -3.05. The Morgan fingerprint density at radius 3 is 2.83 bits per heavy atom. The van der Waals surface area contributed by atoms with E-state index in [0.29, 0.717) is 0 Å². The molecule has 0 N–H and O–H groups in total. The van der Waals surface area contributed by atoms with Gasteiger partial charge in [0.2, 0.25) is 0 Å². The minimum atomic E-state index is -0.795. The molecule has 0 aromatic heterocycles. The molecule has 0 aromatic carbocycles. The highest BCUT2D eigenvalue weighted by Gasteiger charge is 2.49. The van der Waals surface area contributed by atoms with Crippen molar-refractivity contribution in [3.63, 3.8) is 0 Å². The number of hydrogen-bond donors (Lipinski definition) is 0. The van der Waals surface area contributed by atoms with E-state index in [4.69, 9.17) is 4.74 Å². The van der Waals surface area contributed by atoms with Crippen LogP contribution in [0.5, 0.6) is 0 Å². The second kappa shape index (κ2) is 4.64. The zero-order chi connectivity index (χ0) is 13.3. The maximum atomic E-state index is 11.6. The number of fused-ring (bicyclic) bond motifs is 2. The Balaban J connectivity index is 2.26. The molecule has 0 amide bonds. The molecule has 2 bridgehead atoms. The SMILES string of the molecule is C=COC(=O)[C@H]1C[C@@H]2OC(=O)[C@H]1C=C2C(=O)OC. The van der Waals surface area contributed by atoms with Crippen LogP contribution in [0.3, 0.4) is 0 Å². The van der Waals surface area contributed by atoms with Crippen LogP contribution in [0.1, 0.15) is 6.42 Å². The van der Waals surface area contributed by atoms with Crippen LogP contribution in [0.25, 0.3) is 0 Å². The molecular formula is C12H12O6. The molecule has 6 heteroatoms. The summed E-state index contributed by atoms with van der Waals surface area (Å²) in [6, 6.07) is 0. The Kier molecular flexibility index (Phi) is 3.18. The Bertz CT molecular complexity index is 449. The third-order valence-corrected chi connectivity index (χ3v) is 3.06. The van der Waals surface area contributed by atoms with Crippen molar-refractivity contribution in [1.29, 1.82) is 0 Å². The molecule has 2 aliphatic heterocycles. The van der Waals surface area contributed by atoms with E-state index in [9.17, 15) is 14.4 Å². The molecule has 1 saturated heterocycles. The smallest absolute Gasteiger partial charge is 0.337 e. The van der Waals surface area contributed by atoms with Gasteiger partial charge in [0.05, 0.1) is 30.8 Å². The van der Waals surface area contributed by atoms with E-state index in [0.717, 1.165) is 6.26 Å². The Labute approximate surface area is 103 Å². The average Bonchev–Trinajstić information content (AvgIpc) is 2.37. The number of carbonyl (C=O) groups is 3. The van der Waals surface area contributed by atoms with Crippen molar-refractivity contribution in [2.75, 3.05) is 7.11 Å². The van der Waals surface area contributed by atoms with Gasteiger partial charge in [0.1, 0.15) is 6.10 Å². The van der Waals surface area contributed by atoms with Crippen LogP contribution in [0.4, 0.5) is 0 Å². The zero-order valence-corrected chi connectivity index (χ0v) is 9.75. The minimum Gasteiger partial charge on any atom is -0.466 e. The third-order valence-electron chi connectivity index (χ3n) is 3.06. The predicted octanol–water partition coefficient (Wildman–Crippen LogP) is 0.334. The number of esters is 3. The van der Waals surface area contributed by atoms with Gasteiger partial charge in [0, 0.05) is 6.42 Å². The second-order valence-corrected chi connectivity index (χ2v) is 4.01. The van der Waals surface area contributed by atoms with Gasteiger partial charge in [0.15, 0.2) is 0 Å². The van der Waals surface area contributed by atoms with E-state index in [2.05, 4.69) is 16.1 Å². The van der Waals surface area contributed by atoms with E-state index < -0.39 is 35.8 Å². The summed E-state index contributed by atoms with van der Waals surface area (Å²) in [5.41, 5.74) is 0.282. The van der Waals surface area contributed by atoms with Gasteiger partial charge in [0.25, 0.3) is 0 Å². The van der Waals surface area contributed by atoms with E-state index in [1.54, 1.807) is 0 Å². The third kappa shape index (κ3) is 1.90. The van der Waals surface area contributed by atoms with Crippen LogP contribution in [-0.2, 0) is 28.6 Å². The normalized spacial score (nSPS) is 29.1. The van der Waals surface area contributed by atoms with Crippen LogP contribution >= 0.6 is 0 Å². The van der Waals surface area contributed by atoms with Crippen LogP contribution in [0.2, 0.25) is 0 Å². The molecule has 3 aliphatic rings. The zero-order valence-electron chi connectivity index (χ0n) is 9.75. The first-order valence-corrected chi connectivity index (χ1v) is 5.40. The largest absolute Gasteiger partial charge is 0.466 e. The van der Waals surface area contributed by atoms with Crippen molar-refractivity contribution in [3.05, 3.63) is 24.5 Å². The predicted molar refractivity (Wildman–Crippen MR) is 57.9 cm³/mol. The molecule has 96 valence electrons. The van der Waals surface area contributed by atoms with Crippen molar-refractivity contribution in [3.8, 4) is 0 Å². The monoisotopic (exact) mass is 252 g/mol. The van der Waals surface area contributed by atoms with Gasteiger partial charge >= 0.3 is 17.9 Å². The average molecular weight is 252 g/mol. The molecule has 1 fully saturated rings. The number of ether oxygens (including phenoxy) is 3. The van der Waals surface area contributed by atoms with Crippen molar-refractivity contribution in [2.24, 2.45) is 11.8 Å². The number of methoxy groups -OCH3 is 1. The minimum absolute atomic E-state index is 0.226. The second-order valence-electron chi connectivity index (χ2n) is 4.01. The molecule has 0 unspecified atom stereocenters. The fourth-order valence-electron chi connectivity index (χ4n) is 2.21. The first kappa shape index (κ1) is 12.3. The lowest BCUT2D eigenvalue weighted by atomic mass is 9.76. The fraction of sp³-hybridized carbons (Fsp3) is 0.417. The highest BCUT2D eigenvalue weighted by molar-refractivity contribution is 5.95. The van der Waals surface area contributed by atoms with Gasteiger partial charge in [-0.2, -0.15) is 0 Å². The van der Waals surface area contributed by atoms with Crippen molar-refractivity contribution in [1.82, 2.24) is 0 Å². The number of hydrogen-bond acceptors (Lipinski definition) is 6. The Hall–Kier alpha value is -2.11. The number of rotatable bonds is 3. The maximum absolute atomic E-state index is 11.6.